The van der Waals surface area contributed by atoms with E-state index < -0.39 is 0 Å². The molecule has 116 valence electrons. The van der Waals surface area contributed by atoms with E-state index in [1.807, 2.05) is 38.1 Å². The molecule has 0 radical (unpaired) electrons. The van der Waals surface area contributed by atoms with E-state index in [2.05, 4.69) is 29.5 Å². The minimum absolute atomic E-state index is 0.317. The van der Waals surface area contributed by atoms with Gasteiger partial charge >= 0.3 is 6.03 Å². The number of nitrogens with one attached hydrogen (secondary N) is 2. The first-order valence-electron chi connectivity index (χ1n) is 7.18. The summed E-state index contributed by atoms with van der Waals surface area (Å²) in [5.74, 6) is 0.464. The Morgan fingerprint density at radius 2 is 1.77 bits per heavy atom. The Morgan fingerprint density at radius 1 is 1.14 bits per heavy atom. The van der Waals surface area contributed by atoms with Gasteiger partial charge in [-0.25, -0.2) is 4.79 Å². The number of benzene rings is 1. The van der Waals surface area contributed by atoms with Crippen LogP contribution in [-0.4, -0.2) is 11.0 Å². The number of urea groups is 1. The molecule has 0 saturated heterocycles. The maximum atomic E-state index is 12.1. The van der Waals surface area contributed by atoms with Crippen LogP contribution >= 0.6 is 11.6 Å². The summed E-state index contributed by atoms with van der Waals surface area (Å²) in [5.41, 5.74) is 4.13. The van der Waals surface area contributed by atoms with Crippen molar-refractivity contribution >= 4 is 29.0 Å². The zero-order valence-corrected chi connectivity index (χ0v) is 14.0. The molecule has 0 atom stereocenters. The van der Waals surface area contributed by atoms with Crippen molar-refractivity contribution in [2.75, 3.05) is 10.6 Å². The van der Waals surface area contributed by atoms with Crippen molar-refractivity contribution in [1.29, 1.82) is 0 Å². The molecule has 1 heterocycles. The molecule has 0 saturated carbocycles. The molecule has 1 aromatic heterocycles. The standard InChI is InChI=1S/C17H20ClN3O/c1-10(2)13-5-7-14(8-6-13)20-17(22)21-15-9-19-12(4)16(18)11(15)3/h5-10H,1-4H3,(H2,20,21,22). The lowest BCUT2D eigenvalue weighted by molar-refractivity contribution is 0.262. The van der Waals surface area contributed by atoms with Crippen molar-refractivity contribution < 1.29 is 4.79 Å². The van der Waals surface area contributed by atoms with Crippen molar-refractivity contribution in [3.8, 4) is 0 Å². The number of aromatic nitrogens is 1. The molecular formula is C17H20ClN3O. The number of amides is 2. The summed E-state index contributed by atoms with van der Waals surface area (Å²) in [7, 11) is 0. The molecule has 0 spiro atoms. The summed E-state index contributed by atoms with van der Waals surface area (Å²) < 4.78 is 0. The summed E-state index contributed by atoms with van der Waals surface area (Å²) in [6, 6.07) is 7.48. The van der Waals surface area contributed by atoms with Crippen LogP contribution in [0.3, 0.4) is 0 Å². The van der Waals surface area contributed by atoms with Crippen LogP contribution < -0.4 is 10.6 Å². The smallest absolute Gasteiger partial charge is 0.308 e. The van der Waals surface area contributed by atoms with Gasteiger partial charge in [-0.3, -0.25) is 4.98 Å². The molecule has 2 N–H and O–H groups in total. The molecule has 0 bridgehead atoms. The largest absolute Gasteiger partial charge is 0.323 e. The van der Waals surface area contributed by atoms with Crippen LogP contribution in [0.1, 0.15) is 36.6 Å². The molecule has 5 heteroatoms. The summed E-state index contributed by atoms with van der Waals surface area (Å²) in [6.07, 6.45) is 1.61. The molecule has 2 rings (SSSR count). The number of carbonyl (C=O) groups excluding carboxylic acids is 1. The Labute approximate surface area is 135 Å². The Bertz CT molecular complexity index is 681. The highest BCUT2D eigenvalue weighted by Gasteiger charge is 2.10. The van der Waals surface area contributed by atoms with Gasteiger partial charge in [-0.15, -0.1) is 0 Å². The van der Waals surface area contributed by atoms with Gasteiger partial charge in [0.05, 0.1) is 22.6 Å². The van der Waals surface area contributed by atoms with Crippen molar-refractivity contribution in [2.45, 2.75) is 33.6 Å². The Kier molecular flexibility index (Phi) is 5.03. The van der Waals surface area contributed by atoms with Crippen molar-refractivity contribution in [3.63, 3.8) is 0 Å². The van der Waals surface area contributed by atoms with Crippen LogP contribution in [0.2, 0.25) is 5.02 Å². The summed E-state index contributed by atoms with van der Waals surface area (Å²) in [5, 5.41) is 6.13. The van der Waals surface area contributed by atoms with E-state index in [0.717, 1.165) is 16.9 Å². The van der Waals surface area contributed by atoms with E-state index in [4.69, 9.17) is 11.6 Å². The van der Waals surface area contributed by atoms with Crippen molar-refractivity contribution in [3.05, 3.63) is 52.3 Å². The van der Waals surface area contributed by atoms with Crippen molar-refractivity contribution in [2.24, 2.45) is 0 Å². The Balaban J connectivity index is 2.06. The van der Waals surface area contributed by atoms with Gasteiger partial charge in [-0.05, 0) is 43.0 Å². The maximum Gasteiger partial charge on any atom is 0.323 e. The van der Waals surface area contributed by atoms with E-state index in [-0.39, 0.29) is 6.03 Å². The predicted molar refractivity (Wildman–Crippen MR) is 91.9 cm³/mol. The minimum Gasteiger partial charge on any atom is -0.308 e. The number of hydrogen-bond donors (Lipinski definition) is 2. The van der Waals surface area contributed by atoms with E-state index in [1.165, 1.54) is 5.56 Å². The molecule has 1 aromatic carbocycles. The monoisotopic (exact) mass is 317 g/mol. The SMILES string of the molecule is Cc1ncc(NC(=O)Nc2ccc(C(C)C)cc2)c(C)c1Cl. The van der Waals surface area contributed by atoms with Gasteiger partial charge in [0.25, 0.3) is 0 Å². The molecule has 0 aliphatic rings. The van der Waals surface area contributed by atoms with Crippen LogP contribution in [0.15, 0.2) is 30.5 Å². The van der Waals surface area contributed by atoms with Crippen LogP contribution in [0.4, 0.5) is 16.2 Å². The second-order valence-electron chi connectivity index (χ2n) is 5.55. The van der Waals surface area contributed by atoms with Gasteiger partial charge in [-0.1, -0.05) is 37.6 Å². The normalized spacial score (nSPS) is 10.6. The first kappa shape index (κ1) is 16.3. The second-order valence-corrected chi connectivity index (χ2v) is 5.93. The molecule has 22 heavy (non-hydrogen) atoms. The topological polar surface area (TPSA) is 54.0 Å². The lowest BCUT2D eigenvalue weighted by Gasteiger charge is -2.12. The lowest BCUT2D eigenvalue weighted by Crippen LogP contribution is -2.20. The quantitative estimate of drug-likeness (QED) is 0.825. The second kappa shape index (κ2) is 6.79. The Hall–Kier alpha value is -2.07. The molecule has 0 fully saturated rings. The van der Waals surface area contributed by atoms with Gasteiger partial charge < -0.3 is 10.6 Å². The number of carbonyl (C=O) groups is 1. The van der Waals surface area contributed by atoms with Crippen LogP contribution in [0, 0.1) is 13.8 Å². The third kappa shape index (κ3) is 3.77. The van der Waals surface area contributed by atoms with Crippen molar-refractivity contribution in [1.82, 2.24) is 4.98 Å². The van der Waals surface area contributed by atoms with Crippen LogP contribution in [0.5, 0.6) is 0 Å². The molecule has 2 amide bonds. The molecule has 0 aliphatic heterocycles. The first-order chi connectivity index (χ1) is 10.4. The fourth-order valence-electron chi connectivity index (χ4n) is 2.07. The van der Waals surface area contributed by atoms with Gasteiger partial charge in [0.1, 0.15) is 0 Å². The van der Waals surface area contributed by atoms with E-state index in [1.54, 1.807) is 6.20 Å². The number of pyridine rings is 1. The minimum atomic E-state index is -0.317. The highest BCUT2D eigenvalue weighted by atomic mass is 35.5. The fourth-order valence-corrected chi connectivity index (χ4v) is 2.22. The van der Waals surface area contributed by atoms with E-state index in [9.17, 15) is 4.79 Å². The molecule has 2 aromatic rings. The number of anilines is 2. The first-order valence-corrected chi connectivity index (χ1v) is 7.56. The van der Waals surface area contributed by atoms with E-state index in [0.29, 0.717) is 16.6 Å². The molecular weight excluding hydrogens is 298 g/mol. The summed E-state index contributed by atoms with van der Waals surface area (Å²) >= 11 is 6.14. The third-order valence-corrected chi connectivity index (χ3v) is 4.08. The van der Waals surface area contributed by atoms with Gasteiger partial charge in [-0.2, -0.15) is 0 Å². The fraction of sp³-hybridized carbons (Fsp3) is 0.294. The Morgan fingerprint density at radius 3 is 2.36 bits per heavy atom. The van der Waals surface area contributed by atoms with Crippen LogP contribution in [-0.2, 0) is 0 Å². The van der Waals surface area contributed by atoms with Gasteiger partial charge in [0, 0.05) is 5.69 Å². The number of nitrogens with zero attached hydrogens (tertiary/aromatic N) is 1. The highest BCUT2D eigenvalue weighted by molar-refractivity contribution is 6.32. The maximum absolute atomic E-state index is 12.1. The predicted octanol–water partition coefficient (Wildman–Crippen LogP) is 5.12. The van der Waals surface area contributed by atoms with E-state index >= 15 is 0 Å². The average Bonchev–Trinajstić information content (AvgIpc) is 2.48. The third-order valence-electron chi connectivity index (χ3n) is 3.52. The number of aryl methyl sites for hydroxylation is 1. The zero-order chi connectivity index (χ0) is 16.3. The number of rotatable bonds is 3. The lowest BCUT2D eigenvalue weighted by atomic mass is 10.0. The van der Waals surface area contributed by atoms with Crippen LogP contribution in [0.25, 0.3) is 0 Å². The zero-order valence-electron chi connectivity index (χ0n) is 13.2. The summed E-state index contributed by atoms with van der Waals surface area (Å²) in [6.45, 7) is 7.94. The molecule has 0 aliphatic carbocycles. The van der Waals surface area contributed by atoms with Gasteiger partial charge in [0.2, 0.25) is 0 Å². The number of hydrogen-bond acceptors (Lipinski definition) is 2. The highest BCUT2D eigenvalue weighted by Crippen LogP contribution is 2.25. The number of halogens is 1. The average molecular weight is 318 g/mol. The molecule has 0 unspecified atom stereocenters. The summed E-state index contributed by atoms with van der Waals surface area (Å²) in [4.78, 5) is 16.2. The van der Waals surface area contributed by atoms with Gasteiger partial charge in [0.15, 0.2) is 0 Å². The molecule has 4 nitrogen and oxygen atoms in total.